The number of anilines is 1. The van der Waals surface area contributed by atoms with Gasteiger partial charge in [0, 0.05) is 24.9 Å². The molecule has 2 aromatic rings. The molecule has 0 spiro atoms. The average molecular weight is 515 g/mol. The monoisotopic (exact) mass is 514 g/mol. The number of piperidine rings is 1. The molecule has 2 saturated heterocycles. The van der Waals surface area contributed by atoms with Gasteiger partial charge in [0.25, 0.3) is 0 Å². The van der Waals surface area contributed by atoms with E-state index in [9.17, 15) is 18.8 Å². The number of ether oxygens (including phenoxy) is 2. The molecule has 1 aromatic heterocycles. The molecular weight excluding hydrogens is 482 g/mol. The summed E-state index contributed by atoms with van der Waals surface area (Å²) in [6.07, 6.45) is 3.47. The average Bonchev–Trinajstić information content (AvgIpc) is 3.27. The third-order valence-corrected chi connectivity index (χ3v) is 6.48. The lowest BCUT2D eigenvalue weighted by Gasteiger charge is -2.26. The van der Waals surface area contributed by atoms with Crippen LogP contribution in [0.3, 0.4) is 0 Å². The molecule has 4 rings (SSSR count). The number of carbonyl (C=O) groups excluding carboxylic acids is 1. The highest BCUT2D eigenvalue weighted by molar-refractivity contribution is 5.68. The molecule has 0 aliphatic carbocycles. The highest BCUT2D eigenvalue weighted by Crippen LogP contribution is 2.32. The Kier molecular flexibility index (Phi) is 8.07. The summed E-state index contributed by atoms with van der Waals surface area (Å²) in [6.45, 7) is 7.45. The van der Waals surface area contributed by atoms with Gasteiger partial charge in [-0.1, -0.05) is 0 Å². The number of alkyl carbamates (subject to hydrolysis) is 1. The lowest BCUT2D eigenvalue weighted by atomic mass is 9.93. The number of halogens is 2. The minimum Gasteiger partial charge on any atom is -0.472 e. The SMILES string of the molecule is CC(C)(C)OC(=O)N[C@H]1CN(c2ncc(OC(C#N)C3CCNCC3)cn2)C[C@@H]1c1cc(F)ccc1F. The fourth-order valence-electron chi connectivity index (χ4n) is 4.74. The van der Waals surface area contributed by atoms with E-state index in [-0.39, 0.29) is 24.6 Å². The number of aromatic nitrogens is 2. The second-order valence-electron chi connectivity index (χ2n) is 10.4. The van der Waals surface area contributed by atoms with Crippen molar-refractivity contribution in [3.8, 4) is 11.8 Å². The summed E-state index contributed by atoms with van der Waals surface area (Å²) in [5.74, 6) is -0.835. The number of rotatable bonds is 6. The number of nitrogens with one attached hydrogen (secondary N) is 2. The molecule has 1 aromatic carbocycles. The first kappa shape index (κ1) is 26.5. The van der Waals surface area contributed by atoms with Crippen molar-refractivity contribution in [2.75, 3.05) is 31.1 Å². The molecule has 198 valence electrons. The lowest BCUT2D eigenvalue weighted by Crippen LogP contribution is -2.43. The molecule has 0 radical (unpaired) electrons. The van der Waals surface area contributed by atoms with Gasteiger partial charge in [-0.25, -0.2) is 23.5 Å². The maximum absolute atomic E-state index is 14.7. The van der Waals surface area contributed by atoms with Crippen molar-refractivity contribution in [1.82, 2.24) is 20.6 Å². The van der Waals surface area contributed by atoms with Gasteiger partial charge in [-0.05, 0) is 70.5 Å². The highest BCUT2D eigenvalue weighted by atomic mass is 19.1. The number of amides is 1. The minimum atomic E-state index is -0.712. The lowest BCUT2D eigenvalue weighted by molar-refractivity contribution is 0.0504. The van der Waals surface area contributed by atoms with Gasteiger partial charge in [0.15, 0.2) is 11.9 Å². The molecular formula is C26H32F2N6O3. The third-order valence-electron chi connectivity index (χ3n) is 6.48. The molecule has 1 amide bonds. The zero-order valence-corrected chi connectivity index (χ0v) is 21.2. The summed E-state index contributed by atoms with van der Waals surface area (Å²) in [7, 11) is 0. The van der Waals surface area contributed by atoms with E-state index in [1.165, 1.54) is 12.4 Å². The Morgan fingerprint density at radius 3 is 2.57 bits per heavy atom. The van der Waals surface area contributed by atoms with Crippen LogP contribution in [0.25, 0.3) is 0 Å². The summed E-state index contributed by atoms with van der Waals surface area (Å²) in [5, 5.41) is 15.6. The van der Waals surface area contributed by atoms with Crippen molar-refractivity contribution in [3.05, 3.63) is 47.8 Å². The Hall–Kier alpha value is -3.52. The van der Waals surface area contributed by atoms with Gasteiger partial charge in [-0.3, -0.25) is 0 Å². The van der Waals surface area contributed by atoms with E-state index >= 15 is 0 Å². The first-order valence-electron chi connectivity index (χ1n) is 12.4. The molecule has 2 aliphatic heterocycles. The van der Waals surface area contributed by atoms with Gasteiger partial charge in [0.05, 0.1) is 18.4 Å². The summed E-state index contributed by atoms with van der Waals surface area (Å²) >= 11 is 0. The molecule has 11 heteroatoms. The van der Waals surface area contributed by atoms with Crippen molar-refractivity contribution in [2.24, 2.45) is 5.92 Å². The largest absolute Gasteiger partial charge is 0.472 e. The fraction of sp³-hybridized carbons (Fsp3) is 0.538. The molecule has 9 nitrogen and oxygen atoms in total. The predicted octanol–water partition coefficient (Wildman–Crippen LogP) is 3.52. The van der Waals surface area contributed by atoms with Crippen molar-refractivity contribution in [3.63, 3.8) is 0 Å². The van der Waals surface area contributed by atoms with Crippen LogP contribution >= 0.6 is 0 Å². The zero-order valence-electron chi connectivity index (χ0n) is 21.2. The normalized spacial score (nSPS) is 21.2. The van der Waals surface area contributed by atoms with Gasteiger partial charge in [-0.2, -0.15) is 5.26 Å². The highest BCUT2D eigenvalue weighted by Gasteiger charge is 2.38. The van der Waals surface area contributed by atoms with Gasteiger partial charge >= 0.3 is 6.09 Å². The van der Waals surface area contributed by atoms with Crippen LogP contribution in [0.2, 0.25) is 0 Å². The van der Waals surface area contributed by atoms with Gasteiger partial charge in [0.1, 0.15) is 23.3 Å². The van der Waals surface area contributed by atoms with E-state index in [4.69, 9.17) is 9.47 Å². The molecule has 0 saturated carbocycles. The third kappa shape index (κ3) is 6.83. The van der Waals surface area contributed by atoms with Crippen LogP contribution in [0.1, 0.15) is 45.1 Å². The second kappa shape index (κ2) is 11.3. The molecule has 2 N–H and O–H groups in total. The summed E-state index contributed by atoms with van der Waals surface area (Å²) in [5.41, 5.74) is -0.557. The van der Waals surface area contributed by atoms with Crippen LogP contribution in [-0.4, -0.2) is 60.0 Å². The maximum Gasteiger partial charge on any atom is 0.407 e. The molecule has 3 heterocycles. The Labute approximate surface area is 215 Å². The van der Waals surface area contributed by atoms with Crippen LogP contribution in [0.4, 0.5) is 19.5 Å². The maximum atomic E-state index is 14.7. The number of benzene rings is 1. The minimum absolute atomic E-state index is 0.131. The van der Waals surface area contributed by atoms with Crippen LogP contribution in [-0.2, 0) is 4.74 Å². The Bertz CT molecular complexity index is 1130. The van der Waals surface area contributed by atoms with E-state index in [1.54, 1.807) is 25.7 Å². The number of carbonyl (C=O) groups is 1. The Morgan fingerprint density at radius 2 is 1.92 bits per heavy atom. The predicted molar refractivity (Wildman–Crippen MR) is 132 cm³/mol. The smallest absolute Gasteiger partial charge is 0.407 e. The summed E-state index contributed by atoms with van der Waals surface area (Å²) < 4.78 is 39.9. The molecule has 37 heavy (non-hydrogen) atoms. The van der Waals surface area contributed by atoms with Gasteiger partial charge in [0.2, 0.25) is 5.95 Å². The number of hydrogen-bond donors (Lipinski definition) is 2. The topological polar surface area (TPSA) is 112 Å². The van der Waals surface area contributed by atoms with Crippen LogP contribution in [0, 0.1) is 28.9 Å². The fourth-order valence-corrected chi connectivity index (χ4v) is 4.74. The van der Waals surface area contributed by atoms with Crippen molar-refractivity contribution < 1.29 is 23.0 Å². The summed E-state index contributed by atoms with van der Waals surface area (Å²) in [4.78, 5) is 23.1. The molecule has 3 atom stereocenters. The Balaban J connectivity index is 1.50. The second-order valence-corrected chi connectivity index (χ2v) is 10.4. The number of nitriles is 1. The zero-order chi connectivity index (χ0) is 26.6. The summed E-state index contributed by atoms with van der Waals surface area (Å²) in [6, 6.07) is 4.94. The van der Waals surface area contributed by atoms with Gasteiger partial charge < -0.3 is 25.0 Å². The van der Waals surface area contributed by atoms with Gasteiger partial charge in [-0.15, -0.1) is 0 Å². The van der Waals surface area contributed by atoms with Crippen molar-refractivity contribution in [1.29, 1.82) is 5.26 Å². The number of nitrogens with zero attached hydrogens (tertiary/aromatic N) is 4. The van der Waals surface area contributed by atoms with Crippen molar-refractivity contribution >= 4 is 12.0 Å². The van der Waals surface area contributed by atoms with E-state index < -0.39 is 41.4 Å². The van der Waals surface area contributed by atoms with E-state index in [1.807, 2.05) is 0 Å². The molecule has 1 unspecified atom stereocenters. The standard InChI is InChI=1S/C26H32F2N6O3/c1-26(2,3)37-25(35)33-22-15-34(14-20(22)19-10-17(27)4-5-21(19)28)24-31-12-18(13-32-24)36-23(11-29)16-6-8-30-9-7-16/h4-5,10,12-13,16,20,22-23,30H,6-9,14-15H2,1-3H3,(H,33,35)/t20-,22+,23?/m1/s1. The molecule has 2 fully saturated rings. The first-order chi connectivity index (χ1) is 17.6. The van der Waals surface area contributed by atoms with E-state index in [2.05, 4.69) is 26.7 Å². The van der Waals surface area contributed by atoms with E-state index in [0.29, 0.717) is 11.7 Å². The molecule has 2 aliphatic rings. The van der Waals surface area contributed by atoms with E-state index in [0.717, 1.165) is 44.1 Å². The molecule has 0 bridgehead atoms. The van der Waals surface area contributed by atoms with Crippen LogP contribution in [0.15, 0.2) is 30.6 Å². The van der Waals surface area contributed by atoms with Crippen LogP contribution < -0.4 is 20.3 Å². The van der Waals surface area contributed by atoms with Crippen LogP contribution in [0.5, 0.6) is 5.75 Å². The van der Waals surface area contributed by atoms with Crippen molar-refractivity contribution in [2.45, 2.75) is 57.3 Å². The first-order valence-corrected chi connectivity index (χ1v) is 12.4. The Morgan fingerprint density at radius 1 is 1.22 bits per heavy atom. The number of hydrogen-bond acceptors (Lipinski definition) is 8. The quantitative estimate of drug-likeness (QED) is 0.602.